The number of hydrogen-bond acceptors (Lipinski definition) is 3. The molecule has 0 spiro atoms. The summed E-state index contributed by atoms with van der Waals surface area (Å²) < 4.78 is 7.82. The predicted molar refractivity (Wildman–Crippen MR) is 81.9 cm³/mol. The van der Waals surface area contributed by atoms with Crippen LogP contribution in [0.25, 0.3) is 11.0 Å². The van der Waals surface area contributed by atoms with Gasteiger partial charge in [-0.2, -0.15) is 0 Å². The molecule has 0 saturated heterocycles. The van der Waals surface area contributed by atoms with Crippen molar-refractivity contribution in [3.63, 3.8) is 0 Å². The molecule has 1 saturated carbocycles. The Bertz CT molecular complexity index is 613. The zero-order valence-electron chi connectivity index (χ0n) is 12.4. The van der Waals surface area contributed by atoms with Crippen molar-refractivity contribution in [1.29, 1.82) is 0 Å². The van der Waals surface area contributed by atoms with E-state index < -0.39 is 0 Å². The molecule has 2 aromatic rings. The molecule has 1 aromatic carbocycles. The number of nitrogens with zero attached hydrogens (tertiary/aromatic N) is 2. The summed E-state index contributed by atoms with van der Waals surface area (Å²) in [5, 5.41) is 0. The molecule has 0 atom stereocenters. The highest BCUT2D eigenvalue weighted by Gasteiger charge is 2.42. The molecule has 1 fully saturated rings. The first-order valence-corrected chi connectivity index (χ1v) is 7.56. The quantitative estimate of drug-likeness (QED) is 0.875. The third kappa shape index (κ3) is 2.23. The van der Waals surface area contributed by atoms with Crippen molar-refractivity contribution in [2.45, 2.75) is 46.1 Å². The second-order valence-corrected chi connectivity index (χ2v) is 5.86. The lowest BCUT2D eigenvalue weighted by molar-refractivity contribution is 0.343. The number of nitrogen functional groups attached to an aromatic ring is 1. The lowest BCUT2D eigenvalue weighted by atomic mass is 10.0. The van der Waals surface area contributed by atoms with E-state index in [9.17, 15) is 0 Å². The fraction of sp³-hybridized carbons (Fsp3) is 0.562. The maximum atomic E-state index is 6.15. The average Bonchev–Trinajstić information content (AvgIpc) is 3.11. The number of nitrogens with two attached hydrogens (primary N) is 1. The Morgan fingerprint density at radius 3 is 2.80 bits per heavy atom. The van der Waals surface area contributed by atoms with Crippen molar-refractivity contribution in [2.24, 2.45) is 5.41 Å². The Hall–Kier alpha value is -1.71. The number of benzene rings is 1. The molecule has 1 aliphatic rings. The Balaban J connectivity index is 1.99. The molecule has 1 aromatic heterocycles. The van der Waals surface area contributed by atoms with Crippen molar-refractivity contribution in [3.05, 3.63) is 18.2 Å². The van der Waals surface area contributed by atoms with Gasteiger partial charge in [-0.15, -0.1) is 0 Å². The van der Waals surface area contributed by atoms with Crippen molar-refractivity contribution in [1.82, 2.24) is 9.55 Å². The summed E-state index contributed by atoms with van der Waals surface area (Å²) in [6.07, 6.45) is 5.13. The van der Waals surface area contributed by atoms with Crippen LogP contribution in [-0.2, 0) is 6.54 Å². The summed E-state index contributed by atoms with van der Waals surface area (Å²) in [6.45, 7) is 5.87. The molecule has 0 aliphatic heterocycles. The van der Waals surface area contributed by atoms with Crippen molar-refractivity contribution in [3.8, 4) is 5.75 Å². The van der Waals surface area contributed by atoms with Crippen LogP contribution in [0.4, 0.5) is 5.95 Å². The summed E-state index contributed by atoms with van der Waals surface area (Å²) in [5.74, 6) is 1.44. The van der Waals surface area contributed by atoms with Gasteiger partial charge in [0, 0.05) is 6.54 Å². The highest BCUT2D eigenvalue weighted by molar-refractivity contribution is 5.84. The number of hydrogen-bond donors (Lipinski definition) is 1. The molecule has 0 amide bonds. The molecule has 1 aliphatic carbocycles. The maximum Gasteiger partial charge on any atom is 0.201 e. The molecule has 3 rings (SSSR count). The number of para-hydroxylation sites is 1. The molecule has 0 radical (unpaired) electrons. The third-order valence-corrected chi connectivity index (χ3v) is 4.30. The summed E-state index contributed by atoms with van der Waals surface area (Å²) in [7, 11) is 0. The minimum Gasteiger partial charge on any atom is -0.492 e. The summed E-state index contributed by atoms with van der Waals surface area (Å²) in [6, 6.07) is 6.06. The van der Waals surface area contributed by atoms with Gasteiger partial charge in [-0.3, -0.25) is 0 Å². The van der Waals surface area contributed by atoms with E-state index in [0.29, 0.717) is 18.0 Å². The van der Waals surface area contributed by atoms with E-state index in [2.05, 4.69) is 22.5 Å². The van der Waals surface area contributed by atoms with E-state index in [1.54, 1.807) is 0 Å². The van der Waals surface area contributed by atoms with Crippen molar-refractivity contribution >= 4 is 17.0 Å². The molecule has 1 heterocycles. The van der Waals surface area contributed by atoms with Gasteiger partial charge in [-0.05, 0) is 43.7 Å². The van der Waals surface area contributed by atoms with Gasteiger partial charge in [0.05, 0.1) is 12.1 Å². The number of rotatable bonds is 6. The van der Waals surface area contributed by atoms with Gasteiger partial charge < -0.3 is 15.0 Å². The van der Waals surface area contributed by atoms with Crippen LogP contribution < -0.4 is 10.5 Å². The first kappa shape index (κ1) is 13.3. The van der Waals surface area contributed by atoms with Gasteiger partial charge in [0.15, 0.2) is 0 Å². The molecule has 0 bridgehead atoms. The Kier molecular flexibility index (Phi) is 3.32. The van der Waals surface area contributed by atoms with E-state index in [4.69, 9.17) is 10.5 Å². The van der Waals surface area contributed by atoms with E-state index >= 15 is 0 Å². The molecule has 2 N–H and O–H groups in total. The summed E-state index contributed by atoms with van der Waals surface area (Å²) >= 11 is 0. The molecule has 4 nitrogen and oxygen atoms in total. The van der Waals surface area contributed by atoms with Gasteiger partial charge in [0.25, 0.3) is 0 Å². The van der Waals surface area contributed by atoms with Gasteiger partial charge in [0.2, 0.25) is 5.95 Å². The number of imidazole rings is 1. The van der Waals surface area contributed by atoms with Crippen LogP contribution in [0, 0.1) is 5.41 Å². The minimum absolute atomic E-state index is 0.456. The van der Waals surface area contributed by atoms with Crippen molar-refractivity contribution < 1.29 is 4.74 Å². The normalized spacial score (nSPS) is 16.5. The first-order chi connectivity index (χ1) is 9.69. The van der Waals surface area contributed by atoms with Gasteiger partial charge in [-0.1, -0.05) is 19.4 Å². The highest BCUT2D eigenvalue weighted by Crippen LogP contribution is 2.51. The standard InChI is InChI=1S/C16H23N3O/c1-3-8-16(9-10-16)11-19-12-6-5-7-13(20-4-2)14(12)18-15(19)17/h5-7H,3-4,8-11H2,1-2H3,(H2,17,18). The monoisotopic (exact) mass is 273 g/mol. The predicted octanol–water partition coefficient (Wildman–Crippen LogP) is 3.60. The zero-order valence-corrected chi connectivity index (χ0v) is 12.4. The topological polar surface area (TPSA) is 53.1 Å². The number of fused-ring (bicyclic) bond motifs is 1. The Morgan fingerprint density at radius 2 is 2.15 bits per heavy atom. The first-order valence-electron chi connectivity index (χ1n) is 7.56. The van der Waals surface area contributed by atoms with Gasteiger partial charge in [-0.25, -0.2) is 4.98 Å². The molecule has 4 heteroatoms. The lowest BCUT2D eigenvalue weighted by Crippen LogP contribution is -2.13. The molecular formula is C16H23N3O. The Labute approximate surface area is 119 Å². The van der Waals surface area contributed by atoms with Crippen LogP contribution in [0.15, 0.2) is 18.2 Å². The van der Waals surface area contributed by atoms with Crippen LogP contribution in [0.5, 0.6) is 5.75 Å². The number of anilines is 1. The van der Waals surface area contributed by atoms with E-state index in [1.165, 1.54) is 25.7 Å². The van der Waals surface area contributed by atoms with Gasteiger partial charge >= 0.3 is 0 Å². The average molecular weight is 273 g/mol. The minimum atomic E-state index is 0.456. The second-order valence-electron chi connectivity index (χ2n) is 5.86. The van der Waals surface area contributed by atoms with E-state index in [-0.39, 0.29) is 0 Å². The van der Waals surface area contributed by atoms with Crippen LogP contribution >= 0.6 is 0 Å². The van der Waals surface area contributed by atoms with Crippen LogP contribution in [0.3, 0.4) is 0 Å². The van der Waals surface area contributed by atoms with Crippen LogP contribution in [-0.4, -0.2) is 16.2 Å². The maximum absolute atomic E-state index is 6.15. The van der Waals surface area contributed by atoms with Crippen LogP contribution in [0.1, 0.15) is 39.5 Å². The second kappa shape index (κ2) is 5.00. The highest BCUT2D eigenvalue weighted by atomic mass is 16.5. The number of ether oxygens (including phenoxy) is 1. The summed E-state index contributed by atoms with van der Waals surface area (Å²) in [5.41, 5.74) is 8.58. The molecule has 0 unspecified atom stereocenters. The smallest absolute Gasteiger partial charge is 0.201 e. The van der Waals surface area contributed by atoms with E-state index in [1.807, 2.05) is 19.1 Å². The van der Waals surface area contributed by atoms with Crippen LogP contribution in [0.2, 0.25) is 0 Å². The Morgan fingerprint density at radius 1 is 1.35 bits per heavy atom. The zero-order chi connectivity index (χ0) is 14.2. The van der Waals surface area contributed by atoms with E-state index in [0.717, 1.165) is 23.3 Å². The number of aromatic nitrogens is 2. The summed E-state index contributed by atoms with van der Waals surface area (Å²) in [4.78, 5) is 4.52. The molecule has 108 valence electrons. The lowest BCUT2D eigenvalue weighted by Gasteiger charge is -2.16. The third-order valence-electron chi connectivity index (χ3n) is 4.30. The largest absolute Gasteiger partial charge is 0.492 e. The fourth-order valence-corrected chi connectivity index (χ4v) is 3.11. The van der Waals surface area contributed by atoms with Crippen molar-refractivity contribution in [2.75, 3.05) is 12.3 Å². The fourth-order valence-electron chi connectivity index (χ4n) is 3.11. The molecule has 20 heavy (non-hydrogen) atoms. The van der Waals surface area contributed by atoms with Gasteiger partial charge in [0.1, 0.15) is 11.3 Å². The molecular weight excluding hydrogens is 250 g/mol. The SMILES string of the molecule is CCCC1(Cn2c(N)nc3c(OCC)cccc32)CC1.